The maximum absolute atomic E-state index is 10.6. The van der Waals surface area contributed by atoms with Crippen LogP contribution < -0.4 is 0 Å². The van der Waals surface area contributed by atoms with Gasteiger partial charge in [0.2, 0.25) is 0 Å². The van der Waals surface area contributed by atoms with Crippen LogP contribution in [-0.2, 0) is 19.1 Å². The summed E-state index contributed by atoms with van der Waals surface area (Å²) >= 11 is 0. The highest BCUT2D eigenvalue weighted by atomic mass is 16.5. The van der Waals surface area contributed by atoms with E-state index in [-0.39, 0.29) is 13.0 Å². The van der Waals surface area contributed by atoms with Gasteiger partial charge < -0.3 is 24.8 Å². The van der Waals surface area contributed by atoms with E-state index < -0.39 is 24.0 Å². The van der Waals surface area contributed by atoms with Crippen molar-refractivity contribution in [3.8, 4) is 0 Å². The summed E-state index contributed by atoms with van der Waals surface area (Å²) in [4.78, 5) is 20.6. The molecule has 0 spiro atoms. The third-order valence-electron chi connectivity index (χ3n) is 1.38. The molecule has 18 heavy (non-hydrogen) atoms. The number of aliphatic hydroxyl groups excluding tert-OH is 2. The molecule has 104 valence electrons. The first kappa shape index (κ1) is 18.5. The second-order valence-corrected chi connectivity index (χ2v) is 3.12. The predicted octanol–water partition coefficient (Wildman–Crippen LogP) is 0.0376. The minimum Gasteiger partial charge on any atom is -0.502 e. The summed E-state index contributed by atoms with van der Waals surface area (Å²) in [6.45, 7) is 7.79. The summed E-state index contributed by atoms with van der Waals surface area (Å²) in [5.41, 5.74) is 0.303. The average Bonchev–Trinajstić information content (AvgIpc) is 2.27. The average molecular weight is 262 g/mol. The summed E-state index contributed by atoms with van der Waals surface area (Å²) in [6.07, 6.45) is -1.40. The molecule has 0 heterocycles. The van der Waals surface area contributed by atoms with Crippen LogP contribution in [0.2, 0.25) is 0 Å². The van der Waals surface area contributed by atoms with Gasteiger partial charge in [-0.1, -0.05) is 6.58 Å². The Balaban J connectivity index is 0. The van der Waals surface area contributed by atoms with Gasteiger partial charge in [-0.2, -0.15) is 0 Å². The Morgan fingerprint density at radius 2 is 1.72 bits per heavy atom. The Hall–Kier alpha value is -1.86. The number of carbonyl (C=O) groups excluding carboxylic acids is 2. The molecule has 3 N–H and O–H groups in total. The van der Waals surface area contributed by atoms with Crippen molar-refractivity contribution in [2.24, 2.45) is 0 Å². The second-order valence-electron chi connectivity index (χ2n) is 3.12. The molecule has 7 nitrogen and oxygen atoms in total. The zero-order valence-corrected chi connectivity index (χ0v) is 10.4. The van der Waals surface area contributed by atoms with Crippen molar-refractivity contribution in [1.82, 2.24) is 0 Å². The van der Waals surface area contributed by atoms with E-state index in [1.165, 1.54) is 14.0 Å². The molecule has 0 atom stereocenters. The maximum atomic E-state index is 10.6. The van der Waals surface area contributed by atoms with Crippen LogP contribution in [0.1, 0.15) is 13.3 Å². The molecule has 0 aliphatic carbocycles. The topological polar surface area (TPSA) is 113 Å². The van der Waals surface area contributed by atoms with Crippen LogP contribution in [0.15, 0.2) is 24.5 Å². The molecule has 0 rings (SSSR count). The lowest BCUT2D eigenvalue weighted by molar-refractivity contribution is -0.141. The van der Waals surface area contributed by atoms with Crippen molar-refractivity contribution >= 4 is 11.9 Å². The van der Waals surface area contributed by atoms with Crippen molar-refractivity contribution in [2.75, 3.05) is 13.7 Å². The monoisotopic (exact) mass is 262 g/mol. The van der Waals surface area contributed by atoms with Gasteiger partial charge in [-0.05, 0) is 13.5 Å². The maximum Gasteiger partial charge on any atom is 0.372 e. The van der Waals surface area contributed by atoms with Crippen LogP contribution in [0.4, 0.5) is 0 Å². The summed E-state index contributed by atoms with van der Waals surface area (Å²) in [7, 11) is 1.17. The lowest BCUT2D eigenvalue weighted by atomic mass is 10.3. The molecule has 7 heteroatoms. The quantitative estimate of drug-likeness (QED) is 0.277. The predicted molar refractivity (Wildman–Crippen MR) is 62.4 cm³/mol. The standard InChI is InChI=1S/C7H12O4.C4H6O3/c1-5(2)7(10)11-4-3-6(8)9;1-3(5)4(6)7-2/h6,8-9H,1,3-4H2,2H3;5H,1H2,2H3. The molecule has 0 aliphatic heterocycles. The number of ether oxygens (including phenoxy) is 2. The molecular weight excluding hydrogens is 244 g/mol. The van der Waals surface area contributed by atoms with E-state index in [4.69, 9.17) is 15.3 Å². The summed E-state index contributed by atoms with van der Waals surface area (Å²) in [5.74, 6) is -1.87. The van der Waals surface area contributed by atoms with Crippen LogP contribution in [-0.4, -0.2) is 47.3 Å². The summed E-state index contributed by atoms with van der Waals surface area (Å²) < 4.78 is 8.58. The Morgan fingerprint density at radius 1 is 1.22 bits per heavy atom. The first-order valence-electron chi connectivity index (χ1n) is 4.87. The van der Waals surface area contributed by atoms with Crippen molar-refractivity contribution in [3.63, 3.8) is 0 Å². The molecule has 0 aliphatic rings. The molecule has 0 saturated carbocycles. The Labute approximate surface area is 105 Å². The number of hydrogen-bond acceptors (Lipinski definition) is 7. The third-order valence-corrected chi connectivity index (χ3v) is 1.38. The number of esters is 2. The lowest BCUT2D eigenvalue weighted by Crippen LogP contribution is -2.12. The minimum absolute atomic E-state index is 0.00333. The second kappa shape index (κ2) is 10.3. The molecule has 0 amide bonds. The van der Waals surface area contributed by atoms with Crippen molar-refractivity contribution in [2.45, 2.75) is 19.6 Å². The van der Waals surface area contributed by atoms with Gasteiger partial charge in [0.25, 0.3) is 0 Å². The van der Waals surface area contributed by atoms with Crippen molar-refractivity contribution in [1.29, 1.82) is 0 Å². The highest BCUT2D eigenvalue weighted by molar-refractivity contribution is 5.86. The highest BCUT2D eigenvalue weighted by Crippen LogP contribution is 1.94. The smallest absolute Gasteiger partial charge is 0.372 e. The number of methoxy groups -OCH3 is 1. The van der Waals surface area contributed by atoms with Crippen molar-refractivity contribution < 1.29 is 34.4 Å². The molecule has 0 aromatic heterocycles. The van der Waals surface area contributed by atoms with Crippen LogP contribution in [0, 0.1) is 0 Å². The highest BCUT2D eigenvalue weighted by Gasteiger charge is 2.03. The van der Waals surface area contributed by atoms with Crippen LogP contribution in [0.25, 0.3) is 0 Å². The first-order valence-corrected chi connectivity index (χ1v) is 4.87. The Morgan fingerprint density at radius 3 is 1.94 bits per heavy atom. The van der Waals surface area contributed by atoms with E-state index in [2.05, 4.69) is 22.6 Å². The SMILES string of the molecule is C=C(C)C(=O)OCCC(O)O.C=C(O)C(=O)OC. The van der Waals surface area contributed by atoms with Gasteiger partial charge in [-0.3, -0.25) is 0 Å². The van der Waals surface area contributed by atoms with Gasteiger partial charge in [0.15, 0.2) is 12.0 Å². The summed E-state index contributed by atoms with van der Waals surface area (Å²) in [6, 6.07) is 0. The molecular formula is C11H18O7. The lowest BCUT2D eigenvalue weighted by Gasteiger charge is -2.04. The van der Waals surface area contributed by atoms with Gasteiger partial charge in [0.05, 0.1) is 13.7 Å². The fraction of sp³-hybridized carbons (Fsp3) is 0.455. The minimum atomic E-state index is -1.42. The zero-order valence-electron chi connectivity index (χ0n) is 10.4. The number of carbonyl (C=O) groups is 2. The first-order chi connectivity index (χ1) is 8.22. The van der Waals surface area contributed by atoms with E-state index in [1.807, 2.05) is 0 Å². The third kappa shape index (κ3) is 12.2. The van der Waals surface area contributed by atoms with Crippen LogP contribution in [0.3, 0.4) is 0 Å². The molecule has 0 saturated heterocycles. The van der Waals surface area contributed by atoms with E-state index >= 15 is 0 Å². The van der Waals surface area contributed by atoms with Gasteiger partial charge in [-0.15, -0.1) is 0 Å². The molecule has 0 radical (unpaired) electrons. The zero-order chi connectivity index (χ0) is 14.7. The van der Waals surface area contributed by atoms with Gasteiger partial charge in [-0.25, -0.2) is 9.59 Å². The fourth-order valence-corrected chi connectivity index (χ4v) is 0.498. The Kier molecular flexibility index (Phi) is 10.6. The van der Waals surface area contributed by atoms with Gasteiger partial charge >= 0.3 is 11.9 Å². The van der Waals surface area contributed by atoms with Crippen LogP contribution in [0.5, 0.6) is 0 Å². The molecule has 0 unspecified atom stereocenters. The number of aliphatic hydroxyl groups is 3. The number of hydrogen-bond donors (Lipinski definition) is 3. The van der Waals surface area contributed by atoms with E-state index in [9.17, 15) is 9.59 Å². The van der Waals surface area contributed by atoms with Gasteiger partial charge in [0.1, 0.15) is 0 Å². The largest absolute Gasteiger partial charge is 0.502 e. The van der Waals surface area contributed by atoms with Crippen molar-refractivity contribution in [3.05, 3.63) is 24.5 Å². The van der Waals surface area contributed by atoms with E-state index in [0.29, 0.717) is 5.57 Å². The number of rotatable bonds is 5. The molecule has 0 bridgehead atoms. The molecule has 0 aromatic carbocycles. The fourth-order valence-electron chi connectivity index (χ4n) is 0.498. The molecule has 0 aromatic rings. The summed E-state index contributed by atoms with van der Waals surface area (Å²) in [5, 5.41) is 24.8. The van der Waals surface area contributed by atoms with Gasteiger partial charge in [0, 0.05) is 12.0 Å². The normalized spacial score (nSPS) is 8.94. The Bertz CT molecular complexity index is 307. The molecule has 0 fully saturated rings. The van der Waals surface area contributed by atoms with E-state index in [1.54, 1.807) is 0 Å². The van der Waals surface area contributed by atoms with E-state index in [0.717, 1.165) is 0 Å². The van der Waals surface area contributed by atoms with Crippen LogP contribution >= 0.6 is 0 Å².